The molecule has 4 heteroatoms. The molecule has 1 saturated heterocycles. The van der Waals surface area contributed by atoms with Crippen LogP contribution in [0.25, 0.3) is 6.08 Å². The molecule has 1 aromatic carbocycles. The van der Waals surface area contributed by atoms with Gasteiger partial charge in [0, 0.05) is 23.6 Å². The van der Waals surface area contributed by atoms with Crippen LogP contribution in [0, 0.1) is 0 Å². The molecule has 1 fully saturated rings. The Kier molecular flexibility index (Phi) is 4.55. The van der Waals surface area contributed by atoms with Crippen molar-refractivity contribution < 1.29 is 9.90 Å². The third kappa shape index (κ3) is 3.68. The Morgan fingerprint density at radius 2 is 1.89 bits per heavy atom. The lowest BCUT2D eigenvalue weighted by Gasteiger charge is -2.28. The van der Waals surface area contributed by atoms with Crippen LogP contribution < -0.4 is 0 Å². The second-order valence-corrected chi connectivity index (χ2v) is 5.36. The van der Waals surface area contributed by atoms with E-state index in [2.05, 4.69) is 15.9 Å². The molecule has 1 aromatic rings. The highest BCUT2D eigenvalue weighted by Gasteiger charge is 2.19. The molecular weight excluding hydrogens is 294 g/mol. The maximum Gasteiger partial charge on any atom is 0.246 e. The summed E-state index contributed by atoms with van der Waals surface area (Å²) in [5, 5.41) is 9.38. The van der Waals surface area contributed by atoms with Crippen LogP contribution >= 0.6 is 15.9 Å². The van der Waals surface area contributed by atoms with Crippen molar-refractivity contribution in [2.24, 2.45) is 0 Å². The van der Waals surface area contributed by atoms with Gasteiger partial charge in [-0.05, 0) is 36.6 Å². The number of likely N-dealkylation sites (tertiary alicyclic amines) is 1. The number of carbonyl (C=O) groups excluding carboxylic acids is 1. The van der Waals surface area contributed by atoms with Gasteiger partial charge in [-0.3, -0.25) is 4.79 Å². The lowest BCUT2D eigenvalue weighted by molar-refractivity contribution is -0.127. The number of halogens is 1. The van der Waals surface area contributed by atoms with Crippen LogP contribution in [0.3, 0.4) is 0 Å². The van der Waals surface area contributed by atoms with Crippen LogP contribution in [-0.4, -0.2) is 35.1 Å². The summed E-state index contributed by atoms with van der Waals surface area (Å²) in [6.07, 6.45) is 4.53. The van der Waals surface area contributed by atoms with E-state index in [1.165, 1.54) is 0 Å². The first-order valence-electron chi connectivity index (χ1n) is 6.06. The van der Waals surface area contributed by atoms with Crippen molar-refractivity contribution in [2.45, 2.75) is 18.9 Å². The normalized spacial score (nSPS) is 17.3. The number of piperidine rings is 1. The lowest BCUT2D eigenvalue weighted by atomic mass is 10.1. The summed E-state index contributed by atoms with van der Waals surface area (Å²) in [6, 6.07) is 7.80. The SMILES string of the molecule is O=C(C=Cc1ccc(Br)cc1)N1CCC(O)CC1. The summed E-state index contributed by atoms with van der Waals surface area (Å²) in [6.45, 7) is 1.29. The zero-order chi connectivity index (χ0) is 13.0. The zero-order valence-electron chi connectivity index (χ0n) is 10.1. The monoisotopic (exact) mass is 309 g/mol. The number of nitrogens with zero attached hydrogens (tertiary/aromatic N) is 1. The number of rotatable bonds is 2. The van der Waals surface area contributed by atoms with Crippen molar-refractivity contribution in [3.05, 3.63) is 40.4 Å². The summed E-state index contributed by atoms with van der Waals surface area (Å²) in [5.74, 6) is 0.0184. The van der Waals surface area contributed by atoms with Gasteiger partial charge in [-0.2, -0.15) is 0 Å². The average Bonchev–Trinajstić information content (AvgIpc) is 2.38. The molecule has 0 aliphatic carbocycles. The number of carbonyl (C=O) groups is 1. The van der Waals surface area contributed by atoms with Gasteiger partial charge in [0.15, 0.2) is 0 Å². The minimum absolute atomic E-state index is 0.0184. The van der Waals surface area contributed by atoms with Crippen LogP contribution in [0.15, 0.2) is 34.8 Å². The molecule has 1 heterocycles. The number of hydrogen-bond acceptors (Lipinski definition) is 2. The standard InChI is InChI=1S/C14H16BrNO2/c15-12-4-1-11(2-5-12)3-6-14(18)16-9-7-13(17)8-10-16/h1-6,13,17H,7-10H2. The zero-order valence-corrected chi connectivity index (χ0v) is 11.6. The molecule has 0 aromatic heterocycles. The Bertz CT molecular complexity index is 434. The van der Waals surface area contributed by atoms with Gasteiger partial charge in [0.1, 0.15) is 0 Å². The number of benzene rings is 1. The molecule has 1 amide bonds. The van der Waals surface area contributed by atoms with E-state index in [0.29, 0.717) is 25.9 Å². The third-order valence-corrected chi connectivity index (χ3v) is 3.59. The van der Waals surface area contributed by atoms with Crippen LogP contribution in [0.4, 0.5) is 0 Å². The Morgan fingerprint density at radius 3 is 2.50 bits per heavy atom. The second-order valence-electron chi connectivity index (χ2n) is 4.44. The number of aliphatic hydroxyl groups excluding tert-OH is 1. The van der Waals surface area contributed by atoms with Gasteiger partial charge in [0.25, 0.3) is 0 Å². The molecule has 0 unspecified atom stereocenters. The van der Waals surface area contributed by atoms with E-state index >= 15 is 0 Å². The minimum atomic E-state index is -0.246. The third-order valence-electron chi connectivity index (χ3n) is 3.06. The van der Waals surface area contributed by atoms with Crippen LogP contribution in [0.5, 0.6) is 0 Å². The van der Waals surface area contributed by atoms with Gasteiger partial charge in [-0.25, -0.2) is 0 Å². The van der Waals surface area contributed by atoms with Crippen LogP contribution in [0.1, 0.15) is 18.4 Å². The molecule has 96 valence electrons. The Balaban J connectivity index is 1.92. The van der Waals surface area contributed by atoms with Crippen LogP contribution in [0.2, 0.25) is 0 Å². The van der Waals surface area contributed by atoms with Crippen molar-refractivity contribution in [1.29, 1.82) is 0 Å². The Morgan fingerprint density at radius 1 is 1.28 bits per heavy atom. The summed E-state index contributed by atoms with van der Waals surface area (Å²) in [5.41, 5.74) is 1.00. The second kappa shape index (κ2) is 6.16. The summed E-state index contributed by atoms with van der Waals surface area (Å²) < 4.78 is 1.02. The largest absolute Gasteiger partial charge is 0.393 e. The predicted octanol–water partition coefficient (Wildman–Crippen LogP) is 2.45. The first-order valence-corrected chi connectivity index (χ1v) is 6.85. The van der Waals surface area contributed by atoms with Gasteiger partial charge in [0.05, 0.1) is 6.10 Å². The Hall–Kier alpha value is -1.13. The van der Waals surface area contributed by atoms with E-state index in [4.69, 9.17) is 0 Å². The highest BCUT2D eigenvalue weighted by atomic mass is 79.9. The summed E-state index contributed by atoms with van der Waals surface area (Å²) in [4.78, 5) is 13.7. The molecule has 18 heavy (non-hydrogen) atoms. The van der Waals surface area contributed by atoms with Crippen LogP contribution in [-0.2, 0) is 4.79 Å². The van der Waals surface area contributed by atoms with Gasteiger partial charge in [-0.1, -0.05) is 28.1 Å². The summed E-state index contributed by atoms with van der Waals surface area (Å²) in [7, 11) is 0. The smallest absolute Gasteiger partial charge is 0.246 e. The van der Waals surface area contributed by atoms with Gasteiger partial charge in [-0.15, -0.1) is 0 Å². The first kappa shape index (κ1) is 13.3. The first-order chi connectivity index (χ1) is 8.65. The van der Waals surface area contributed by atoms with E-state index in [-0.39, 0.29) is 12.0 Å². The van der Waals surface area contributed by atoms with Gasteiger partial charge < -0.3 is 10.0 Å². The van der Waals surface area contributed by atoms with Gasteiger partial charge in [0.2, 0.25) is 5.91 Å². The Labute approximate surface area is 115 Å². The number of aliphatic hydroxyl groups is 1. The highest BCUT2D eigenvalue weighted by molar-refractivity contribution is 9.10. The lowest BCUT2D eigenvalue weighted by Crippen LogP contribution is -2.39. The van der Waals surface area contributed by atoms with E-state index in [0.717, 1.165) is 10.0 Å². The molecular formula is C14H16BrNO2. The highest BCUT2D eigenvalue weighted by Crippen LogP contribution is 2.13. The molecule has 0 spiro atoms. The van der Waals surface area contributed by atoms with Gasteiger partial charge >= 0.3 is 0 Å². The predicted molar refractivity (Wildman–Crippen MR) is 75.0 cm³/mol. The molecule has 1 N–H and O–H groups in total. The number of amides is 1. The molecule has 1 aliphatic rings. The maximum atomic E-state index is 11.9. The van der Waals surface area contributed by atoms with E-state index in [1.54, 1.807) is 11.0 Å². The maximum absolute atomic E-state index is 11.9. The van der Waals surface area contributed by atoms with E-state index in [9.17, 15) is 9.90 Å². The molecule has 1 aliphatic heterocycles. The minimum Gasteiger partial charge on any atom is -0.393 e. The van der Waals surface area contributed by atoms with Crippen molar-refractivity contribution in [2.75, 3.05) is 13.1 Å². The fourth-order valence-corrected chi connectivity index (χ4v) is 2.20. The molecule has 0 radical (unpaired) electrons. The van der Waals surface area contributed by atoms with Crippen molar-refractivity contribution in [1.82, 2.24) is 4.90 Å². The van der Waals surface area contributed by atoms with Crippen molar-refractivity contribution in [3.8, 4) is 0 Å². The van der Waals surface area contributed by atoms with Crippen molar-refractivity contribution in [3.63, 3.8) is 0 Å². The van der Waals surface area contributed by atoms with E-state index < -0.39 is 0 Å². The molecule has 0 bridgehead atoms. The van der Waals surface area contributed by atoms with Crippen molar-refractivity contribution >= 4 is 27.9 Å². The summed E-state index contributed by atoms with van der Waals surface area (Å²) >= 11 is 3.37. The number of hydrogen-bond donors (Lipinski definition) is 1. The topological polar surface area (TPSA) is 40.5 Å². The average molecular weight is 310 g/mol. The van der Waals surface area contributed by atoms with E-state index in [1.807, 2.05) is 30.3 Å². The molecule has 2 rings (SSSR count). The molecule has 0 saturated carbocycles. The fourth-order valence-electron chi connectivity index (χ4n) is 1.93. The fraction of sp³-hybridized carbons (Fsp3) is 0.357. The molecule has 0 atom stereocenters. The quantitative estimate of drug-likeness (QED) is 0.853. The molecule has 3 nitrogen and oxygen atoms in total.